The van der Waals surface area contributed by atoms with E-state index in [2.05, 4.69) is 0 Å². The molecule has 6 nitrogen and oxygen atoms in total. The van der Waals surface area contributed by atoms with Gasteiger partial charge >= 0.3 is 0 Å². The number of likely N-dealkylation sites (N-methyl/N-ethyl adjacent to an activating group) is 1. The molecule has 0 bridgehead atoms. The fourth-order valence-electron chi connectivity index (χ4n) is 2.75. The van der Waals surface area contributed by atoms with Crippen molar-refractivity contribution >= 4 is 5.91 Å². The van der Waals surface area contributed by atoms with Crippen LogP contribution in [0.5, 0.6) is 23.0 Å². The lowest BCUT2D eigenvalue weighted by molar-refractivity contribution is -0.129. The van der Waals surface area contributed by atoms with Gasteiger partial charge in [-0.3, -0.25) is 4.79 Å². The lowest BCUT2D eigenvalue weighted by Gasteiger charge is -2.19. The van der Waals surface area contributed by atoms with E-state index >= 15 is 0 Å². The Kier molecular flexibility index (Phi) is 7.34. The summed E-state index contributed by atoms with van der Waals surface area (Å²) in [4.78, 5) is 14.2. The first kappa shape index (κ1) is 20.4. The molecule has 0 radical (unpaired) electrons. The largest absolute Gasteiger partial charge is 0.497 e. The predicted molar refractivity (Wildman–Crippen MR) is 104 cm³/mol. The highest BCUT2D eigenvalue weighted by Crippen LogP contribution is 2.38. The van der Waals surface area contributed by atoms with Crippen LogP contribution in [0.15, 0.2) is 36.4 Å². The van der Waals surface area contributed by atoms with Crippen LogP contribution >= 0.6 is 0 Å². The molecule has 27 heavy (non-hydrogen) atoms. The average Bonchev–Trinajstić information content (AvgIpc) is 2.71. The van der Waals surface area contributed by atoms with Gasteiger partial charge in [-0.1, -0.05) is 12.1 Å². The Morgan fingerprint density at radius 3 is 1.93 bits per heavy atom. The summed E-state index contributed by atoms with van der Waals surface area (Å²) in [5, 5.41) is 0. The van der Waals surface area contributed by atoms with Crippen molar-refractivity contribution in [3.05, 3.63) is 47.5 Å². The van der Waals surface area contributed by atoms with E-state index in [0.29, 0.717) is 36.6 Å². The Labute approximate surface area is 160 Å². The van der Waals surface area contributed by atoms with Crippen molar-refractivity contribution in [2.24, 2.45) is 0 Å². The molecule has 2 rings (SSSR count). The number of hydrogen-bond acceptors (Lipinski definition) is 5. The minimum absolute atomic E-state index is 0.0626. The average molecular weight is 373 g/mol. The number of rotatable bonds is 9. The van der Waals surface area contributed by atoms with Crippen molar-refractivity contribution in [2.45, 2.75) is 12.8 Å². The summed E-state index contributed by atoms with van der Waals surface area (Å²) in [5.74, 6) is 2.63. The van der Waals surface area contributed by atoms with Crippen LogP contribution < -0.4 is 18.9 Å². The van der Waals surface area contributed by atoms with Gasteiger partial charge in [-0.25, -0.2) is 0 Å². The molecule has 0 unspecified atom stereocenters. The van der Waals surface area contributed by atoms with Crippen LogP contribution in [0.1, 0.15) is 11.1 Å². The first-order chi connectivity index (χ1) is 13.0. The molecule has 0 aliphatic carbocycles. The maximum Gasteiger partial charge on any atom is 0.226 e. The molecule has 0 spiro atoms. The van der Waals surface area contributed by atoms with E-state index in [1.54, 1.807) is 33.3 Å². The van der Waals surface area contributed by atoms with Gasteiger partial charge in [0.25, 0.3) is 0 Å². The molecule has 0 N–H and O–H groups in total. The highest BCUT2D eigenvalue weighted by Gasteiger charge is 2.15. The van der Waals surface area contributed by atoms with Gasteiger partial charge < -0.3 is 23.8 Å². The number of ether oxygens (including phenoxy) is 4. The van der Waals surface area contributed by atoms with Gasteiger partial charge in [0.1, 0.15) is 5.75 Å². The monoisotopic (exact) mass is 373 g/mol. The molecule has 0 fully saturated rings. The summed E-state index contributed by atoms with van der Waals surface area (Å²) in [5.41, 5.74) is 1.97. The molecule has 0 heterocycles. The molecular weight excluding hydrogens is 346 g/mol. The Balaban J connectivity index is 1.99. The maximum absolute atomic E-state index is 12.5. The van der Waals surface area contributed by atoms with Crippen LogP contribution in [-0.4, -0.2) is 52.8 Å². The van der Waals surface area contributed by atoms with Crippen LogP contribution in [0, 0.1) is 0 Å². The summed E-state index contributed by atoms with van der Waals surface area (Å²) < 4.78 is 21.2. The van der Waals surface area contributed by atoms with Crippen LogP contribution in [-0.2, 0) is 17.6 Å². The fraction of sp³-hybridized carbons (Fsp3) is 0.381. The lowest BCUT2D eigenvalue weighted by atomic mass is 10.1. The van der Waals surface area contributed by atoms with E-state index in [0.717, 1.165) is 16.9 Å². The normalized spacial score (nSPS) is 10.3. The van der Waals surface area contributed by atoms with Gasteiger partial charge in [0.05, 0.1) is 34.9 Å². The van der Waals surface area contributed by atoms with Gasteiger partial charge in [-0.2, -0.15) is 0 Å². The van der Waals surface area contributed by atoms with E-state index in [1.165, 1.54) is 0 Å². The summed E-state index contributed by atoms with van der Waals surface area (Å²) in [6.07, 6.45) is 1.04. The first-order valence-corrected chi connectivity index (χ1v) is 8.68. The van der Waals surface area contributed by atoms with E-state index < -0.39 is 0 Å². The maximum atomic E-state index is 12.5. The molecule has 0 atom stereocenters. The number of carbonyl (C=O) groups excluding carboxylic acids is 1. The number of carbonyl (C=O) groups is 1. The molecule has 6 heteroatoms. The molecule has 0 aliphatic rings. The molecule has 0 saturated carbocycles. The van der Waals surface area contributed by atoms with Crippen molar-refractivity contribution in [3.8, 4) is 23.0 Å². The van der Waals surface area contributed by atoms with E-state index in [1.807, 2.05) is 43.4 Å². The number of amides is 1. The molecule has 146 valence electrons. The highest BCUT2D eigenvalue weighted by atomic mass is 16.5. The smallest absolute Gasteiger partial charge is 0.226 e. The van der Waals surface area contributed by atoms with Gasteiger partial charge in [0.15, 0.2) is 11.5 Å². The Hall–Kier alpha value is -2.89. The second-order valence-corrected chi connectivity index (χ2v) is 6.12. The quantitative estimate of drug-likeness (QED) is 0.676. The summed E-state index contributed by atoms with van der Waals surface area (Å²) in [6, 6.07) is 11.3. The van der Waals surface area contributed by atoms with Crippen molar-refractivity contribution in [1.29, 1.82) is 0 Å². The summed E-state index contributed by atoms with van der Waals surface area (Å²) in [7, 11) is 8.18. The van der Waals surface area contributed by atoms with Crippen molar-refractivity contribution < 1.29 is 23.7 Å². The zero-order valence-electron chi connectivity index (χ0n) is 16.6. The topological polar surface area (TPSA) is 57.2 Å². The molecular formula is C21H27NO5. The van der Waals surface area contributed by atoms with E-state index in [-0.39, 0.29) is 5.91 Å². The lowest BCUT2D eigenvalue weighted by Crippen LogP contribution is -2.30. The molecule has 0 saturated heterocycles. The number of benzene rings is 2. The van der Waals surface area contributed by atoms with E-state index in [9.17, 15) is 4.79 Å². The van der Waals surface area contributed by atoms with E-state index in [4.69, 9.17) is 18.9 Å². The second kappa shape index (κ2) is 9.71. The minimum atomic E-state index is 0.0626. The number of methoxy groups -OCH3 is 4. The van der Waals surface area contributed by atoms with Crippen LogP contribution in [0.3, 0.4) is 0 Å². The Morgan fingerprint density at radius 2 is 1.44 bits per heavy atom. The SMILES string of the molecule is COc1ccc(CC(=O)N(C)CCc2cc(OC)c(OC)c(OC)c2)cc1. The van der Waals surface area contributed by atoms with Gasteiger partial charge in [-0.05, 0) is 41.8 Å². The number of nitrogens with zero attached hydrogens (tertiary/aromatic N) is 1. The molecule has 2 aromatic carbocycles. The van der Waals surface area contributed by atoms with Crippen molar-refractivity contribution in [2.75, 3.05) is 42.0 Å². The molecule has 1 amide bonds. The standard InChI is InChI=1S/C21H27NO5/c1-22(20(23)14-15-6-8-17(24-2)9-7-15)11-10-16-12-18(25-3)21(27-5)19(13-16)26-4/h6-9,12-13H,10-11,14H2,1-5H3. The molecule has 0 aliphatic heterocycles. The third-order valence-corrected chi connectivity index (χ3v) is 4.40. The van der Waals surface area contributed by atoms with Gasteiger partial charge in [-0.15, -0.1) is 0 Å². The molecule has 0 aromatic heterocycles. The van der Waals surface area contributed by atoms with Gasteiger partial charge in [0.2, 0.25) is 11.7 Å². The number of hydrogen-bond donors (Lipinski definition) is 0. The third kappa shape index (κ3) is 5.29. The Morgan fingerprint density at radius 1 is 0.852 bits per heavy atom. The fourth-order valence-corrected chi connectivity index (χ4v) is 2.75. The first-order valence-electron chi connectivity index (χ1n) is 8.68. The van der Waals surface area contributed by atoms with Crippen molar-refractivity contribution in [3.63, 3.8) is 0 Å². The van der Waals surface area contributed by atoms with Crippen LogP contribution in [0.25, 0.3) is 0 Å². The second-order valence-electron chi connectivity index (χ2n) is 6.12. The summed E-state index contributed by atoms with van der Waals surface area (Å²) in [6.45, 7) is 0.591. The van der Waals surface area contributed by atoms with Crippen molar-refractivity contribution in [1.82, 2.24) is 4.90 Å². The van der Waals surface area contributed by atoms with Gasteiger partial charge in [0, 0.05) is 13.6 Å². The highest BCUT2D eigenvalue weighted by molar-refractivity contribution is 5.78. The van der Waals surface area contributed by atoms with Crippen LogP contribution in [0.4, 0.5) is 0 Å². The molecule has 2 aromatic rings. The third-order valence-electron chi connectivity index (χ3n) is 4.40. The van der Waals surface area contributed by atoms with Crippen LogP contribution in [0.2, 0.25) is 0 Å². The summed E-state index contributed by atoms with van der Waals surface area (Å²) >= 11 is 0. The predicted octanol–water partition coefficient (Wildman–Crippen LogP) is 2.96. The zero-order chi connectivity index (χ0) is 19.8. The zero-order valence-corrected chi connectivity index (χ0v) is 16.6. The Bertz CT molecular complexity index is 733. The minimum Gasteiger partial charge on any atom is -0.497 e.